The molecule has 0 saturated heterocycles. The number of fused-ring (bicyclic) bond motifs is 1. The quantitative estimate of drug-likeness (QED) is 0.792. The van der Waals surface area contributed by atoms with E-state index in [0.717, 1.165) is 4.70 Å². The van der Waals surface area contributed by atoms with E-state index in [1.807, 2.05) is 0 Å². The summed E-state index contributed by atoms with van der Waals surface area (Å²) >= 11 is 1.32. The molecule has 14 heavy (non-hydrogen) atoms. The predicted molar refractivity (Wildman–Crippen MR) is 57.7 cm³/mol. The topological polar surface area (TPSA) is 57.5 Å². The predicted octanol–water partition coefficient (Wildman–Crippen LogP) is 2.73. The molecule has 0 amide bonds. The number of carboxylic acids is 1. The molecule has 74 valence electrons. The van der Waals surface area contributed by atoms with Crippen LogP contribution < -0.4 is 0 Å². The van der Waals surface area contributed by atoms with E-state index in [1.165, 1.54) is 17.4 Å². The van der Waals surface area contributed by atoms with Crippen molar-refractivity contribution in [2.75, 3.05) is 0 Å². The Labute approximate surface area is 90.0 Å². The zero-order chi connectivity index (χ0) is 9.42. The SMILES string of the molecule is Cl.O=C(O)c1csc2cc(O)ccc12. The van der Waals surface area contributed by atoms with Crippen LogP contribution in [0.25, 0.3) is 10.1 Å². The van der Waals surface area contributed by atoms with Crippen molar-refractivity contribution in [2.24, 2.45) is 0 Å². The van der Waals surface area contributed by atoms with Crippen molar-refractivity contribution in [3.05, 3.63) is 29.1 Å². The Morgan fingerprint density at radius 2 is 2.07 bits per heavy atom. The normalized spacial score (nSPS) is 9.71. The molecule has 0 spiro atoms. The fourth-order valence-electron chi connectivity index (χ4n) is 1.18. The maximum absolute atomic E-state index is 10.7. The summed E-state index contributed by atoms with van der Waals surface area (Å²) in [5.41, 5.74) is 0.292. The van der Waals surface area contributed by atoms with E-state index in [2.05, 4.69) is 0 Å². The molecule has 0 aliphatic rings. The van der Waals surface area contributed by atoms with E-state index >= 15 is 0 Å². The molecule has 0 bridgehead atoms. The zero-order valence-corrected chi connectivity index (χ0v) is 8.56. The lowest BCUT2D eigenvalue weighted by atomic mass is 10.2. The largest absolute Gasteiger partial charge is 0.508 e. The van der Waals surface area contributed by atoms with Crippen LogP contribution in [0.15, 0.2) is 23.6 Å². The van der Waals surface area contributed by atoms with E-state index < -0.39 is 5.97 Å². The molecule has 1 aromatic heterocycles. The van der Waals surface area contributed by atoms with Gasteiger partial charge in [-0.25, -0.2) is 4.79 Å². The summed E-state index contributed by atoms with van der Waals surface area (Å²) in [5, 5.41) is 20.2. The number of carbonyl (C=O) groups is 1. The Morgan fingerprint density at radius 3 is 2.71 bits per heavy atom. The number of halogens is 1. The number of phenolic OH excluding ortho intramolecular Hbond substituents is 1. The first-order valence-electron chi connectivity index (χ1n) is 3.62. The van der Waals surface area contributed by atoms with Crippen LogP contribution in [0.1, 0.15) is 10.4 Å². The number of benzene rings is 1. The molecule has 1 heterocycles. The Kier molecular flexibility index (Phi) is 2.98. The first-order valence-corrected chi connectivity index (χ1v) is 4.50. The minimum Gasteiger partial charge on any atom is -0.508 e. The van der Waals surface area contributed by atoms with E-state index in [0.29, 0.717) is 10.9 Å². The van der Waals surface area contributed by atoms with Gasteiger partial charge in [-0.05, 0) is 18.2 Å². The molecule has 0 aliphatic heterocycles. The third-order valence-electron chi connectivity index (χ3n) is 1.79. The van der Waals surface area contributed by atoms with E-state index in [9.17, 15) is 4.79 Å². The highest BCUT2D eigenvalue weighted by molar-refractivity contribution is 7.17. The fourth-order valence-corrected chi connectivity index (χ4v) is 2.15. The number of hydrogen-bond donors (Lipinski definition) is 2. The third-order valence-corrected chi connectivity index (χ3v) is 2.73. The zero-order valence-electron chi connectivity index (χ0n) is 6.93. The molecule has 3 nitrogen and oxygen atoms in total. The van der Waals surface area contributed by atoms with Crippen molar-refractivity contribution in [3.63, 3.8) is 0 Å². The highest BCUT2D eigenvalue weighted by Gasteiger charge is 2.10. The molecular formula is C9H7ClO3S. The van der Waals surface area contributed by atoms with Gasteiger partial charge in [0.05, 0.1) is 5.56 Å². The molecule has 0 unspecified atom stereocenters. The number of thiophene rings is 1. The monoisotopic (exact) mass is 230 g/mol. The minimum atomic E-state index is -0.933. The van der Waals surface area contributed by atoms with Gasteiger partial charge in [0.1, 0.15) is 5.75 Å². The highest BCUT2D eigenvalue weighted by Crippen LogP contribution is 2.28. The molecular weight excluding hydrogens is 224 g/mol. The Morgan fingerprint density at radius 1 is 1.36 bits per heavy atom. The van der Waals surface area contributed by atoms with Gasteiger partial charge in [-0.15, -0.1) is 23.7 Å². The Bertz CT molecular complexity index is 478. The third kappa shape index (κ3) is 1.66. The average Bonchev–Trinajstić information content (AvgIpc) is 2.46. The fraction of sp³-hybridized carbons (Fsp3) is 0. The van der Waals surface area contributed by atoms with Crippen LogP contribution in [0.3, 0.4) is 0 Å². The summed E-state index contributed by atoms with van der Waals surface area (Å²) < 4.78 is 0.789. The lowest BCUT2D eigenvalue weighted by molar-refractivity contribution is 0.0699. The van der Waals surface area contributed by atoms with Gasteiger partial charge in [0, 0.05) is 15.5 Å². The number of rotatable bonds is 1. The summed E-state index contributed by atoms with van der Waals surface area (Å²) in [6.07, 6.45) is 0. The van der Waals surface area contributed by atoms with Gasteiger partial charge in [-0.2, -0.15) is 0 Å². The second-order valence-corrected chi connectivity index (χ2v) is 3.55. The van der Waals surface area contributed by atoms with Crippen molar-refractivity contribution in [1.82, 2.24) is 0 Å². The lowest BCUT2D eigenvalue weighted by Gasteiger charge is -1.93. The van der Waals surface area contributed by atoms with Crippen LogP contribution in [0.2, 0.25) is 0 Å². The van der Waals surface area contributed by atoms with Gasteiger partial charge < -0.3 is 10.2 Å². The maximum Gasteiger partial charge on any atom is 0.337 e. The van der Waals surface area contributed by atoms with Gasteiger partial charge in [0.15, 0.2) is 0 Å². The van der Waals surface area contributed by atoms with Crippen molar-refractivity contribution in [2.45, 2.75) is 0 Å². The summed E-state index contributed by atoms with van der Waals surface area (Å²) in [7, 11) is 0. The van der Waals surface area contributed by atoms with Crippen LogP contribution in [-0.4, -0.2) is 16.2 Å². The van der Waals surface area contributed by atoms with E-state index in [1.54, 1.807) is 17.5 Å². The molecule has 0 saturated carbocycles. The van der Waals surface area contributed by atoms with Gasteiger partial charge >= 0.3 is 5.97 Å². The van der Waals surface area contributed by atoms with Gasteiger partial charge in [-0.3, -0.25) is 0 Å². The molecule has 1 aromatic carbocycles. The number of hydrogen-bond acceptors (Lipinski definition) is 3. The van der Waals surface area contributed by atoms with Crippen molar-refractivity contribution < 1.29 is 15.0 Å². The first-order chi connectivity index (χ1) is 6.18. The number of aromatic carboxylic acids is 1. The summed E-state index contributed by atoms with van der Waals surface area (Å²) in [6.45, 7) is 0. The molecule has 5 heteroatoms. The molecule has 0 fully saturated rings. The first kappa shape index (κ1) is 10.8. The average molecular weight is 231 g/mol. The molecule has 2 aromatic rings. The van der Waals surface area contributed by atoms with E-state index in [4.69, 9.17) is 10.2 Å². The van der Waals surface area contributed by atoms with Crippen LogP contribution in [0.4, 0.5) is 0 Å². The maximum atomic E-state index is 10.7. The molecule has 0 atom stereocenters. The van der Waals surface area contributed by atoms with Crippen molar-refractivity contribution in [1.29, 1.82) is 0 Å². The Hall–Kier alpha value is -1.26. The second kappa shape index (κ2) is 3.86. The number of aromatic hydroxyl groups is 1. The number of carboxylic acid groups (broad SMARTS) is 1. The van der Waals surface area contributed by atoms with Crippen LogP contribution >= 0.6 is 23.7 Å². The molecule has 2 rings (SSSR count). The highest BCUT2D eigenvalue weighted by atomic mass is 35.5. The Balaban J connectivity index is 0.000000980. The second-order valence-electron chi connectivity index (χ2n) is 2.63. The summed E-state index contributed by atoms with van der Waals surface area (Å²) in [5.74, 6) is -0.775. The van der Waals surface area contributed by atoms with Gasteiger partial charge in [0.25, 0.3) is 0 Å². The van der Waals surface area contributed by atoms with Gasteiger partial charge in [-0.1, -0.05) is 0 Å². The summed E-state index contributed by atoms with van der Waals surface area (Å²) in [6, 6.07) is 4.67. The molecule has 2 N–H and O–H groups in total. The standard InChI is InChI=1S/C9H6O3S.ClH/c10-5-1-2-6-7(9(11)12)4-13-8(6)3-5;/h1-4,10H,(H,11,12);1H. The van der Waals surface area contributed by atoms with Crippen LogP contribution in [0.5, 0.6) is 5.75 Å². The van der Waals surface area contributed by atoms with Crippen molar-refractivity contribution >= 4 is 39.8 Å². The van der Waals surface area contributed by atoms with E-state index in [-0.39, 0.29) is 18.2 Å². The summed E-state index contributed by atoms with van der Waals surface area (Å²) in [4.78, 5) is 10.7. The molecule has 0 radical (unpaired) electrons. The lowest BCUT2D eigenvalue weighted by Crippen LogP contribution is -1.92. The molecule has 0 aliphatic carbocycles. The van der Waals surface area contributed by atoms with Crippen LogP contribution in [-0.2, 0) is 0 Å². The van der Waals surface area contributed by atoms with Gasteiger partial charge in [0.2, 0.25) is 0 Å². The van der Waals surface area contributed by atoms with Crippen molar-refractivity contribution in [3.8, 4) is 5.75 Å². The smallest absolute Gasteiger partial charge is 0.337 e. The minimum absolute atomic E-state index is 0. The number of phenols is 1. The van der Waals surface area contributed by atoms with Crippen LogP contribution in [0, 0.1) is 0 Å².